The maximum atomic E-state index is 12.4. The van der Waals surface area contributed by atoms with Crippen LogP contribution in [0.1, 0.15) is 88.5 Å². The van der Waals surface area contributed by atoms with Crippen LogP contribution in [0.4, 0.5) is 0 Å². The normalized spacial score (nSPS) is 13.8. The molecule has 0 saturated carbocycles. The molecule has 0 aliphatic carbocycles. The highest BCUT2D eigenvalue weighted by atomic mass is 16.5. The van der Waals surface area contributed by atoms with E-state index in [1.165, 1.54) is 0 Å². The molecule has 25 heavy (non-hydrogen) atoms. The van der Waals surface area contributed by atoms with Crippen molar-refractivity contribution >= 4 is 5.91 Å². The first-order valence-corrected chi connectivity index (χ1v) is 9.66. The number of hydrogen-bond acceptors (Lipinski definition) is 3. The topological polar surface area (TPSA) is 47.6 Å². The maximum absolute atomic E-state index is 12.4. The standard InChI is InChI=1S/C21H43NO3/c1-11-20(7,8)24-14-12-21(9,10)25-15-13-22-17(23)19(5,6)16-18(2,3)4/h11-16H2,1-10H3,(H,22,23). The minimum atomic E-state index is -0.368. The zero-order chi connectivity index (χ0) is 19.9. The van der Waals surface area contributed by atoms with Crippen molar-refractivity contribution in [2.24, 2.45) is 10.8 Å². The molecule has 0 unspecified atom stereocenters. The summed E-state index contributed by atoms with van der Waals surface area (Å²) in [7, 11) is 0. The molecule has 0 aromatic carbocycles. The second kappa shape index (κ2) is 9.36. The van der Waals surface area contributed by atoms with E-state index in [-0.39, 0.29) is 27.9 Å². The highest BCUT2D eigenvalue weighted by molar-refractivity contribution is 5.81. The van der Waals surface area contributed by atoms with Crippen molar-refractivity contribution in [3.05, 3.63) is 0 Å². The molecule has 0 aromatic heterocycles. The largest absolute Gasteiger partial charge is 0.375 e. The average molecular weight is 358 g/mol. The van der Waals surface area contributed by atoms with Crippen LogP contribution in [0.3, 0.4) is 0 Å². The lowest BCUT2D eigenvalue weighted by Gasteiger charge is -2.31. The second-order valence-corrected chi connectivity index (χ2v) is 10.2. The quantitative estimate of drug-likeness (QED) is 0.532. The van der Waals surface area contributed by atoms with Crippen LogP contribution in [0.25, 0.3) is 0 Å². The van der Waals surface area contributed by atoms with Gasteiger partial charge in [-0.2, -0.15) is 0 Å². The van der Waals surface area contributed by atoms with E-state index in [4.69, 9.17) is 9.47 Å². The third-order valence-electron chi connectivity index (χ3n) is 4.52. The lowest BCUT2D eigenvalue weighted by atomic mass is 9.76. The summed E-state index contributed by atoms with van der Waals surface area (Å²) in [6, 6.07) is 0. The summed E-state index contributed by atoms with van der Waals surface area (Å²) in [4.78, 5) is 12.4. The van der Waals surface area contributed by atoms with Crippen LogP contribution in [-0.2, 0) is 14.3 Å². The Labute approximate surface area is 156 Å². The molecule has 0 aliphatic rings. The van der Waals surface area contributed by atoms with Crippen molar-refractivity contribution in [2.45, 2.75) is 99.7 Å². The molecule has 0 fully saturated rings. The number of ether oxygens (including phenoxy) is 2. The van der Waals surface area contributed by atoms with E-state index in [1.54, 1.807) is 0 Å². The fourth-order valence-corrected chi connectivity index (χ4v) is 2.88. The van der Waals surface area contributed by atoms with Crippen LogP contribution >= 0.6 is 0 Å². The molecule has 4 heteroatoms. The highest BCUT2D eigenvalue weighted by Crippen LogP contribution is 2.33. The Morgan fingerprint density at radius 3 is 1.84 bits per heavy atom. The Balaban J connectivity index is 4.15. The molecule has 0 saturated heterocycles. The van der Waals surface area contributed by atoms with Crippen molar-refractivity contribution in [2.75, 3.05) is 19.8 Å². The van der Waals surface area contributed by atoms with Gasteiger partial charge in [0.1, 0.15) is 0 Å². The Morgan fingerprint density at radius 1 is 0.840 bits per heavy atom. The van der Waals surface area contributed by atoms with E-state index in [1.807, 2.05) is 13.8 Å². The van der Waals surface area contributed by atoms with E-state index in [0.29, 0.717) is 19.8 Å². The predicted octanol–water partition coefficient (Wildman–Crippen LogP) is 4.96. The van der Waals surface area contributed by atoms with Crippen molar-refractivity contribution in [3.8, 4) is 0 Å². The van der Waals surface area contributed by atoms with E-state index in [9.17, 15) is 4.79 Å². The highest BCUT2D eigenvalue weighted by Gasteiger charge is 2.32. The Kier molecular flexibility index (Phi) is 9.13. The average Bonchev–Trinajstić information content (AvgIpc) is 2.40. The van der Waals surface area contributed by atoms with Crippen LogP contribution in [0.15, 0.2) is 0 Å². The van der Waals surface area contributed by atoms with Gasteiger partial charge in [-0.15, -0.1) is 0 Å². The lowest BCUT2D eigenvalue weighted by Crippen LogP contribution is -2.41. The number of hydrogen-bond donors (Lipinski definition) is 1. The molecule has 0 spiro atoms. The third-order valence-corrected chi connectivity index (χ3v) is 4.52. The van der Waals surface area contributed by atoms with Gasteiger partial charge in [-0.1, -0.05) is 41.5 Å². The van der Waals surface area contributed by atoms with Crippen LogP contribution in [-0.4, -0.2) is 36.9 Å². The first kappa shape index (κ1) is 24.4. The molecule has 0 radical (unpaired) electrons. The van der Waals surface area contributed by atoms with Crippen LogP contribution in [0.5, 0.6) is 0 Å². The maximum Gasteiger partial charge on any atom is 0.225 e. The molecule has 0 heterocycles. The summed E-state index contributed by atoms with van der Waals surface area (Å²) in [5.41, 5.74) is -0.572. The summed E-state index contributed by atoms with van der Waals surface area (Å²) >= 11 is 0. The summed E-state index contributed by atoms with van der Waals surface area (Å²) in [5.74, 6) is 0.0943. The first-order chi connectivity index (χ1) is 11.1. The number of carbonyl (C=O) groups excluding carboxylic acids is 1. The van der Waals surface area contributed by atoms with Gasteiger partial charge in [0.05, 0.1) is 24.4 Å². The Hall–Kier alpha value is -0.610. The summed E-state index contributed by atoms with van der Waals surface area (Å²) in [5, 5.41) is 3.01. The molecule has 0 aliphatic heterocycles. The molecule has 0 bridgehead atoms. The van der Waals surface area contributed by atoms with Crippen LogP contribution in [0.2, 0.25) is 0 Å². The Bertz CT molecular complexity index is 406. The molecule has 0 atom stereocenters. The number of nitrogens with one attached hydrogen (secondary N) is 1. The van der Waals surface area contributed by atoms with Crippen molar-refractivity contribution in [3.63, 3.8) is 0 Å². The third kappa shape index (κ3) is 11.6. The van der Waals surface area contributed by atoms with Crippen molar-refractivity contribution in [1.29, 1.82) is 0 Å². The zero-order valence-corrected chi connectivity index (χ0v) is 18.5. The second-order valence-electron chi connectivity index (χ2n) is 10.2. The van der Waals surface area contributed by atoms with E-state index >= 15 is 0 Å². The molecule has 1 amide bonds. The van der Waals surface area contributed by atoms with E-state index in [0.717, 1.165) is 19.3 Å². The monoisotopic (exact) mass is 357 g/mol. The van der Waals surface area contributed by atoms with Gasteiger partial charge in [-0.25, -0.2) is 0 Å². The van der Waals surface area contributed by atoms with Gasteiger partial charge in [0.25, 0.3) is 0 Å². The lowest BCUT2D eigenvalue weighted by molar-refractivity contribution is -0.131. The zero-order valence-electron chi connectivity index (χ0n) is 18.5. The smallest absolute Gasteiger partial charge is 0.225 e. The molecular weight excluding hydrogens is 314 g/mol. The fourth-order valence-electron chi connectivity index (χ4n) is 2.88. The van der Waals surface area contributed by atoms with Gasteiger partial charge >= 0.3 is 0 Å². The molecule has 0 aromatic rings. The number of rotatable bonds is 11. The van der Waals surface area contributed by atoms with Crippen molar-refractivity contribution < 1.29 is 14.3 Å². The minimum absolute atomic E-state index is 0.0807. The van der Waals surface area contributed by atoms with E-state index in [2.05, 4.69) is 60.7 Å². The van der Waals surface area contributed by atoms with E-state index < -0.39 is 0 Å². The predicted molar refractivity (Wildman–Crippen MR) is 106 cm³/mol. The first-order valence-electron chi connectivity index (χ1n) is 9.66. The van der Waals surface area contributed by atoms with Gasteiger partial charge in [0.2, 0.25) is 5.91 Å². The van der Waals surface area contributed by atoms with Crippen molar-refractivity contribution in [1.82, 2.24) is 5.32 Å². The SMILES string of the molecule is CCC(C)(C)OCCC(C)(C)OCCNC(=O)C(C)(C)CC(C)(C)C. The van der Waals surface area contributed by atoms with Crippen LogP contribution in [0, 0.1) is 10.8 Å². The molecule has 4 nitrogen and oxygen atoms in total. The Morgan fingerprint density at radius 2 is 1.36 bits per heavy atom. The summed E-state index contributed by atoms with van der Waals surface area (Å²) in [6.45, 7) is 22.7. The minimum Gasteiger partial charge on any atom is -0.375 e. The van der Waals surface area contributed by atoms with Gasteiger partial charge in [0, 0.05) is 12.0 Å². The molecular formula is C21H43NO3. The van der Waals surface area contributed by atoms with Gasteiger partial charge < -0.3 is 14.8 Å². The summed E-state index contributed by atoms with van der Waals surface area (Å²) in [6.07, 6.45) is 2.67. The number of carbonyl (C=O) groups is 1. The van der Waals surface area contributed by atoms with Gasteiger partial charge in [-0.3, -0.25) is 4.79 Å². The van der Waals surface area contributed by atoms with Crippen LogP contribution < -0.4 is 5.32 Å². The summed E-state index contributed by atoms with van der Waals surface area (Å²) < 4.78 is 11.8. The fraction of sp³-hybridized carbons (Fsp3) is 0.952. The molecule has 0 rings (SSSR count). The van der Waals surface area contributed by atoms with Gasteiger partial charge in [0.15, 0.2) is 0 Å². The van der Waals surface area contributed by atoms with Gasteiger partial charge in [-0.05, 0) is 52.4 Å². The molecule has 1 N–H and O–H groups in total. The molecule has 150 valence electrons. The number of amides is 1.